The van der Waals surface area contributed by atoms with E-state index in [0.29, 0.717) is 6.54 Å². The van der Waals surface area contributed by atoms with Crippen molar-refractivity contribution in [1.82, 2.24) is 9.78 Å². The fourth-order valence-corrected chi connectivity index (χ4v) is 2.37. The zero-order valence-electron chi connectivity index (χ0n) is 10.8. The Bertz CT molecular complexity index is 546. The maximum atomic E-state index is 6.01. The molecule has 1 aromatic heterocycles. The number of nitrogens with zero attached hydrogens (tertiary/aromatic N) is 2. The Balaban J connectivity index is 2.53. The van der Waals surface area contributed by atoms with Gasteiger partial charge in [0.2, 0.25) is 0 Å². The van der Waals surface area contributed by atoms with Gasteiger partial charge in [-0.1, -0.05) is 31.0 Å². The van der Waals surface area contributed by atoms with Crippen molar-refractivity contribution in [3.05, 3.63) is 40.7 Å². The third-order valence-electron chi connectivity index (χ3n) is 2.97. The van der Waals surface area contributed by atoms with Crippen molar-refractivity contribution in [3.8, 4) is 11.1 Å². The third kappa shape index (κ3) is 2.57. The molecule has 3 nitrogen and oxygen atoms in total. The van der Waals surface area contributed by atoms with Crippen molar-refractivity contribution in [1.29, 1.82) is 0 Å². The number of aryl methyl sites for hydroxylation is 2. The van der Waals surface area contributed by atoms with E-state index < -0.39 is 0 Å². The van der Waals surface area contributed by atoms with Gasteiger partial charge in [0, 0.05) is 30.4 Å². The molecule has 2 rings (SSSR count). The van der Waals surface area contributed by atoms with E-state index in [4.69, 9.17) is 17.3 Å². The average molecular weight is 264 g/mol. The molecular weight excluding hydrogens is 246 g/mol. The minimum Gasteiger partial charge on any atom is -0.326 e. The average Bonchev–Trinajstić information content (AvgIpc) is 2.70. The van der Waals surface area contributed by atoms with Gasteiger partial charge in [-0.15, -0.1) is 0 Å². The molecule has 0 saturated carbocycles. The van der Waals surface area contributed by atoms with Crippen molar-refractivity contribution >= 4 is 11.6 Å². The highest BCUT2D eigenvalue weighted by Crippen LogP contribution is 2.29. The number of aromatic nitrogens is 2. The molecule has 0 unspecified atom stereocenters. The Morgan fingerprint density at radius 3 is 2.78 bits per heavy atom. The summed E-state index contributed by atoms with van der Waals surface area (Å²) in [7, 11) is 1.95. The summed E-state index contributed by atoms with van der Waals surface area (Å²) in [5.74, 6) is 0. The summed E-state index contributed by atoms with van der Waals surface area (Å²) in [6.45, 7) is 2.64. The number of hydrogen-bond donors (Lipinski definition) is 1. The van der Waals surface area contributed by atoms with Gasteiger partial charge in [-0.2, -0.15) is 5.10 Å². The highest BCUT2D eigenvalue weighted by atomic mass is 35.5. The highest BCUT2D eigenvalue weighted by Gasteiger charge is 2.12. The smallest absolute Gasteiger partial charge is 0.0702 e. The molecule has 0 atom stereocenters. The predicted molar refractivity (Wildman–Crippen MR) is 75.5 cm³/mol. The summed E-state index contributed by atoms with van der Waals surface area (Å²) < 4.78 is 1.86. The molecule has 0 aliphatic carbocycles. The standard InChI is InChI=1S/C14H18ClN3/c1-3-4-14-13(9-18(2)17-14)12-6-5-11(15)7-10(12)8-16/h5-7,9H,3-4,8,16H2,1-2H3. The molecular formula is C14H18ClN3. The SMILES string of the molecule is CCCc1nn(C)cc1-c1ccc(Cl)cc1CN. The summed E-state index contributed by atoms with van der Waals surface area (Å²) >= 11 is 6.01. The lowest BCUT2D eigenvalue weighted by Crippen LogP contribution is -1.99. The molecule has 0 amide bonds. The van der Waals surface area contributed by atoms with Crippen molar-refractivity contribution in [2.45, 2.75) is 26.3 Å². The van der Waals surface area contributed by atoms with E-state index in [0.717, 1.165) is 40.2 Å². The molecule has 0 spiro atoms. The second kappa shape index (κ2) is 5.55. The first-order valence-corrected chi connectivity index (χ1v) is 6.55. The number of nitrogens with two attached hydrogens (primary N) is 1. The van der Waals surface area contributed by atoms with Crippen LogP contribution in [0.5, 0.6) is 0 Å². The Morgan fingerprint density at radius 2 is 2.11 bits per heavy atom. The maximum absolute atomic E-state index is 6.01. The molecule has 0 aliphatic heterocycles. The first kappa shape index (κ1) is 13.1. The number of hydrogen-bond acceptors (Lipinski definition) is 2. The van der Waals surface area contributed by atoms with Crippen LogP contribution in [-0.4, -0.2) is 9.78 Å². The molecule has 0 radical (unpaired) electrons. The highest BCUT2D eigenvalue weighted by molar-refractivity contribution is 6.30. The zero-order chi connectivity index (χ0) is 13.1. The van der Waals surface area contributed by atoms with Crippen LogP contribution < -0.4 is 5.73 Å². The molecule has 1 heterocycles. The van der Waals surface area contributed by atoms with Crippen LogP contribution in [0.15, 0.2) is 24.4 Å². The first-order valence-electron chi connectivity index (χ1n) is 6.17. The second-order valence-corrected chi connectivity index (χ2v) is 4.86. The van der Waals surface area contributed by atoms with Gasteiger partial charge in [-0.05, 0) is 29.7 Å². The van der Waals surface area contributed by atoms with Crippen LogP contribution in [0.1, 0.15) is 24.6 Å². The number of benzene rings is 1. The zero-order valence-corrected chi connectivity index (χ0v) is 11.5. The fraction of sp³-hybridized carbons (Fsp3) is 0.357. The van der Waals surface area contributed by atoms with E-state index in [-0.39, 0.29) is 0 Å². The minimum atomic E-state index is 0.482. The van der Waals surface area contributed by atoms with Crippen LogP contribution in [0.25, 0.3) is 11.1 Å². The second-order valence-electron chi connectivity index (χ2n) is 4.42. The third-order valence-corrected chi connectivity index (χ3v) is 3.20. The molecule has 2 aromatic rings. The van der Waals surface area contributed by atoms with Gasteiger partial charge in [0.25, 0.3) is 0 Å². The van der Waals surface area contributed by atoms with Crippen LogP contribution >= 0.6 is 11.6 Å². The van der Waals surface area contributed by atoms with E-state index >= 15 is 0 Å². The Labute approximate surface area is 113 Å². The molecule has 4 heteroatoms. The van der Waals surface area contributed by atoms with Gasteiger partial charge < -0.3 is 5.73 Å². The monoisotopic (exact) mass is 263 g/mol. The van der Waals surface area contributed by atoms with Crippen LogP contribution in [-0.2, 0) is 20.0 Å². The van der Waals surface area contributed by atoms with Gasteiger partial charge in [0.15, 0.2) is 0 Å². The minimum absolute atomic E-state index is 0.482. The van der Waals surface area contributed by atoms with Crippen LogP contribution in [0.3, 0.4) is 0 Å². The number of halogens is 1. The van der Waals surface area contributed by atoms with Gasteiger partial charge in [0.05, 0.1) is 5.69 Å². The van der Waals surface area contributed by atoms with Crippen molar-refractivity contribution in [2.24, 2.45) is 12.8 Å². The van der Waals surface area contributed by atoms with Crippen molar-refractivity contribution in [3.63, 3.8) is 0 Å². The number of rotatable bonds is 4. The molecule has 2 N–H and O–H groups in total. The van der Waals surface area contributed by atoms with Crippen molar-refractivity contribution in [2.75, 3.05) is 0 Å². The summed E-state index contributed by atoms with van der Waals surface area (Å²) in [4.78, 5) is 0. The lowest BCUT2D eigenvalue weighted by Gasteiger charge is -2.08. The topological polar surface area (TPSA) is 43.8 Å². The van der Waals surface area contributed by atoms with E-state index in [1.807, 2.05) is 36.1 Å². The van der Waals surface area contributed by atoms with E-state index in [1.54, 1.807) is 0 Å². The first-order chi connectivity index (χ1) is 8.65. The predicted octanol–water partition coefficient (Wildman–Crippen LogP) is 3.15. The lowest BCUT2D eigenvalue weighted by molar-refractivity contribution is 0.733. The normalized spacial score (nSPS) is 10.9. The molecule has 1 aromatic carbocycles. The van der Waals surface area contributed by atoms with Crippen LogP contribution in [0, 0.1) is 0 Å². The Morgan fingerprint density at radius 1 is 1.33 bits per heavy atom. The van der Waals surface area contributed by atoms with Gasteiger partial charge in [-0.3, -0.25) is 4.68 Å². The van der Waals surface area contributed by atoms with Gasteiger partial charge in [0.1, 0.15) is 0 Å². The van der Waals surface area contributed by atoms with Gasteiger partial charge >= 0.3 is 0 Å². The Hall–Kier alpha value is -1.32. The summed E-state index contributed by atoms with van der Waals surface area (Å²) in [5, 5.41) is 5.24. The molecule has 0 bridgehead atoms. The van der Waals surface area contributed by atoms with Crippen LogP contribution in [0.2, 0.25) is 5.02 Å². The van der Waals surface area contributed by atoms with E-state index in [2.05, 4.69) is 12.0 Å². The molecule has 0 saturated heterocycles. The van der Waals surface area contributed by atoms with Crippen molar-refractivity contribution < 1.29 is 0 Å². The van der Waals surface area contributed by atoms with Crippen LogP contribution in [0.4, 0.5) is 0 Å². The largest absolute Gasteiger partial charge is 0.326 e. The molecule has 18 heavy (non-hydrogen) atoms. The quantitative estimate of drug-likeness (QED) is 0.921. The lowest BCUT2D eigenvalue weighted by atomic mass is 9.99. The molecule has 0 fully saturated rings. The molecule has 96 valence electrons. The maximum Gasteiger partial charge on any atom is 0.0702 e. The Kier molecular flexibility index (Phi) is 4.04. The molecule has 0 aliphatic rings. The van der Waals surface area contributed by atoms with E-state index in [1.165, 1.54) is 0 Å². The summed E-state index contributed by atoms with van der Waals surface area (Å²) in [6.07, 6.45) is 4.10. The summed E-state index contributed by atoms with van der Waals surface area (Å²) in [5.41, 5.74) is 10.3. The van der Waals surface area contributed by atoms with E-state index in [9.17, 15) is 0 Å². The van der Waals surface area contributed by atoms with Gasteiger partial charge in [-0.25, -0.2) is 0 Å². The summed E-state index contributed by atoms with van der Waals surface area (Å²) in [6, 6.07) is 5.86. The fourth-order valence-electron chi connectivity index (χ4n) is 2.17.